The highest BCUT2D eigenvalue weighted by Crippen LogP contribution is 2.38. The van der Waals surface area contributed by atoms with Crippen LogP contribution in [-0.2, 0) is 0 Å². The predicted molar refractivity (Wildman–Crippen MR) is 118 cm³/mol. The number of furan rings is 1. The van der Waals surface area contributed by atoms with E-state index in [1.54, 1.807) is 31.4 Å². The zero-order chi connectivity index (χ0) is 22.2. The standard InChI is InChI=1S/C24H17ClFN3O3/c1-31-15-9-8-14-11-17(23(25)27-19(14)12-15)21-13-20(22-7-4-10-32-22)28-29(21)24(30)16-5-2-3-6-18(16)26/h2-12,21H,13H2,1H3. The first-order valence-corrected chi connectivity index (χ1v) is 10.3. The Hall–Kier alpha value is -3.71. The maximum atomic E-state index is 14.4. The third-order valence-electron chi connectivity index (χ3n) is 5.39. The van der Waals surface area contributed by atoms with Crippen molar-refractivity contribution in [1.82, 2.24) is 9.99 Å². The number of benzene rings is 2. The normalized spacial score (nSPS) is 15.8. The zero-order valence-electron chi connectivity index (χ0n) is 17.0. The van der Waals surface area contributed by atoms with Crippen LogP contribution in [0.1, 0.15) is 34.1 Å². The van der Waals surface area contributed by atoms with Crippen LogP contribution in [0.5, 0.6) is 5.75 Å². The maximum absolute atomic E-state index is 14.4. The summed E-state index contributed by atoms with van der Waals surface area (Å²) in [5.74, 6) is 0.0104. The summed E-state index contributed by atoms with van der Waals surface area (Å²) in [6.07, 6.45) is 1.88. The van der Waals surface area contributed by atoms with Crippen LogP contribution < -0.4 is 4.74 Å². The number of hydrazone groups is 1. The minimum atomic E-state index is -0.618. The van der Waals surface area contributed by atoms with Gasteiger partial charge in [0, 0.05) is 23.4 Å². The van der Waals surface area contributed by atoms with E-state index in [0.717, 1.165) is 5.39 Å². The Bertz CT molecular complexity index is 1350. The number of carbonyl (C=O) groups is 1. The van der Waals surface area contributed by atoms with Crippen LogP contribution in [-0.4, -0.2) is 28.7 Å². The lowest BCUT2D eigenvalue weighted by molar-refractivity contribution is 0.0706. The second-order valence-corrected chi connectivity index (χ2v) is 7.66. The van der Waals surface area contributed by atoms with Gasteiger partial charge in [-0.15, -0.1) is 0 Å². The highest BCUT2D eigenvalue weighted by atomic mass is 35.5. The number of fused-ring (bicyclic) bond motifs is 1. The number of hydrogen-bond donors (Lipinski definition) is 0. The molecule has 0 fully saturated rings. The molecule has 6 nitrogen and oxygen atoms in total. The fourth-order valence-electron chi connectivity index (χ4n) is 3.79. The Morgan fingerprint density at radius 2 is 2.03 bits per heavy atom. The van der Waals surface area contributed by atoms with E-state index in [0.29, 0.717) is 34.7 Å². The minimum Gasteiger partial charge on any atom is -0.497 e. The van der Waals surface area contributed by atoms with E-state index in [1.165, 1.54) is 29.5 Å². The molecule has 3 heterocycles. The lowest BCUT2D eigenvalue weighted by Crippen LogP contribution is -2.28. The molecule has 0 spiro atoms. The molecule has 2 aromatic carbocycles. The first kappa shape index (κ1) is 20.2. The van der Waals surface area contributed by atoms with E-state index in [4.69, 9.17) is 20.8 Å². The number of aromatic nitrogens is 1. The zero-order valence-corrected chi connectivity index (χ0v) is 17.7. The van der Waals surface area contributed by atoms with Gasteiger partial charge in [-0.05, 0) is 42.5 Å². The van der Waals surface area contributed by atoms with Gasteiger partial charge in [-0.25, -0.2) is 14.4 Å². The van der Waals surface area contributed by atoms with Crippen molar-refractivity contribution in [3.63, 3.8) is 0 Å². The van der Waals surface area contributed by atoms with Gasteiger partial charge in [0.05, 0.1) is 30.5 Å². The van der Waals surface area contributed by atoms with Crippen LogP contribution in [0.15, 0.2) is 76.4 Å². The van der Waals surface area contributed by atoms with Gasteiger partial charge in [0.25, 0.3) is 5.91 Å². The Balaban J connectivity index is 1.60. The fourth-order valence-corrected chi connectivity index (χ4v) is 4.06. The second-order valence-electron chi connectivity index (χ2n) is 7.30. The molecule has 1 unspecified atom stereocenters. The van der Waals surface area contributed by atoms with Crippen LogP contribution in [0.25, 0.3) is 10.9 Å². The van der Waals surface area contributed by atoms with Gasteiger partial charge >= 0.3 is 0 Å². The summed E-state index contributed by atoms with van der Waals surface area (Å²) in [6, 6.07) is 16.1. The topological polar surface area (TPSA) is 67.9 Å². The van der Waals surface area contributed by atoms with E-state index in [-0.39, 0.29) is 10.7 Å². The first-order chi connectivity index (χ1) is 15.5. The molecule has 1 aliphatic heterocycles. The fraction of sp³-hybridized carbons (Fsp3) is 0.125. The van der Waals surface area contributed by atoms with E-state index in [2.05, 4.69) is 10.1 Å². The number of methoxy groups -OCH3 is 1. The van der Waals surface area contributed by atoms with Crippen LogP contribution in [0.4, 0.5) is 4.39 Å². The highest BCUT2D eigenvalue weighted by Gasteiger charge is 2.37. The summed E-state index contributed by atoms with van der Waals surface area (Å²) < 4.78 is 25.1. The average Bonchev–Trinajstić information content (AvgIpc) is 3.48. The van der Waals surface area contributed by atoms with Gasteiger partial charge < -0.3 is 9.15 Å². The Labute approximate surface area is 187 Å². The number of ether oxygens (including phenoxy) is 1. The maximum Gasteiger partial charge on any atom is 0.277 e. The number of halogens is 2. The monoisotopic (exact) mass is 449 g/mol. The van der Waals surface area contributed by atoms with Crippen molar-refractivity contribution in [3.8, 4) is 5.75 Å². The summed E-state index contributed by atoms with van der Waals surface area (Å²) in [5.41, 5.74) is 1.77. The molecule has 4 aromatic rings. The first-order valence-electron chi connectivity index (χ1n) is 9.89. The summed E-state index contributed by atoms with van der Waals surface area (Å²) in [7, 11) is 1.58. The molecule has 2 aromatic heterocycles. The molecular formula is C24H17ClFN3O3. The quantitative estimate of drug-likeness (QED) is 0.379. The molecule has 1 amide bonds. The van der Waals surface area contributed by atoms with Gasteiger partial charge in [0.2, 0.25) is 0 Å². The van der Waals surface area contributed by atoms with Crippen LogP contribution in [0, 0.1) is 5.82 Å². The van der Waals surface area contributed by atoms with E-state index in [9.17, 15) is 9.18 Å². The lowest BCUT2D eigenvalue weighted by atomic mass is 10.00. The molecule has 5 rings (SSSR count). The number of hydrogen-bond acceptors (Lipinski definition) is 5. The van der Waals surface area contributed by atoms with Gasteiger partial charge in [0.15, 0.2) is 0 Å². The minimum absolute atomic E-state index is 0.0726. The van der Waals surface area contributed by atoms with Gasteiger partial charge in [-0.2, -0.15) is 5.10 Å². The third kappa shape index (κ3) is 3.50. The molecule has 1 atom stereocenters. The Kier molecular flexibility index (Phi) is 5.11. The van der Waals surface area contributed by atoms with Crippen LogP contribution in [0.3, 0.4) is 0 Å². The summed E-state index contributed by atoms with van der Waals surface area (Å²) in [6.45, 7) is 0. The Morgan fingerprint density at radius 3 is 2.78 bits per heavy atom. The third-order valence-corrected chi connectivity index (χ3v) is 5.70. The van der Waals surface area contributed by atoms with Crippen LogP contribution in [0.2, 0.25) is 5.15 Å². The SMILES string of the molecule is COc1ccc2cc(C3CC(c4ccco4)=NN3C(=O)c3ccccc3F)c(Cl)nc2c1. The van der Waals surface area contributed by atoms with Crippen molar-refractivity contribution >= 4 is 34.1 Å². The van der Waals surface area contributed by atoms with Crippen molar-refractivity contribution in [3.05, 3.63) is 94.8 Å². The Morgan fingerprint density at radius 1 is 1.19 bits per heavy atom. The second kappa shape index (κ2) is 8.09. The van der Waals surface area contributed by atoms with Gasteiger partial charge in [-0.3, -0.25) is 4.79 Å². The number of rotatable bonds is 4. The molecule has 0 radical (unpaired) electrons. The predicted octanol–water partition coefficient (Wildman–Crippen LogP) is 5.62. The van der Waals surface area contributed by atoms with Crippen molar-refractivity contribution in [2.75, 3.05) is 7.11 Å². The molecule has 0 bridgehead atoms. The molecule has 32 heavy (non-hydrogen) atoms. The van der Waals surface area contributed by atoms with E-state index >= 15 is 0 Å². The summed E-state index contributed by atoms with van der Waals surface area (Å²) in [5, 5.41) is 6.81. The van der Waals surface area contributed by atoms with Crippen LogP contribution >= 0.6 is 11.6 Å². The number of amides is 1. The van der Waals surface area contributed by atoms with Gasteiger partial charge in [0.1, 0.15) is 28.2 Å². The van der Waals surface area contributed by atoms with E-state index < -0.39 is 17.8 Å². The molecule has 1 aliphatic rings. The molecule has 0 N–H and O–H groups in total. The van der Waals surface area contributed by atoms with Crippen molar-refractivity contribution in [1.29, 1.82) is 0 Å². The van der Waals surface area contributed by atoms with E-state index in [1.807, 2.05) is 18.2 Å². The molecule has 8 heteroatoms. The largest absolute Gasteiger partial charge is 0.497 e. The molecule has 0 saturated carbocycles. The molecular weight excluding hydrogens is 433 g/mol. The number of pyridine rings is 1. The smallest absolute Gasteiger partial charge is 0.277 e. The summed E-state index contributed by atoms with van der Waals surface area (Å²) in [4.78, 5) is 17.8. The molecule has 0 aliphatic carbocycles. The molecule has 0 saturated heterocycles. The average molecular weight is 450 g/mol. The van der Waals surface area contributed by atoms with Gasteiger partial charge in [-0.1, -0.05) is 23.7 Å². The number of nitrogens with zero attached hydrogens (tertiary/aromatic N) is 3. The highest BCUT2D eigenvalue weighted by molar-refractivity contribution is 6.30. The molecule has 160 valence electrons. The lowest BCUT2D eigenvalue weighted by Gasteiger charge is -2.23. The summed E-state index contributed by atoms with van der Waals surface area (Å²) >= 11 is 6.56. The van der Waals surface area contributed by atoms with Crippen molar-refractivity contribution in [2.45, 2.75) is 12.5 Å². The number of carbonyl (C=O) groups excluding carboxylic acids is 1. The van der Waals surface area contributed by atoms with Crippen molar-refractivity contribution < 1.29 is 18.3 Å². The van der Waals surface area contributed by atoms with Crippen molar-refractivity contribution in [2.24, 2.45) is 5.10 Å².